The minimum absolute atomic E-state index is 0.388. The Balaban J connectivity index is 1.55. The lowest BCUT2D eigenvalue weighted by atomic mass is 10.1. The van der Waals surface area contributed by atoms with Crippen molar-refractivity contribution in [2.75, 3.05) is 25.1 Å². The Hall–Kier alpha value is -2.82. The number of fused-ring (bicyclic) bond motifs is 2. The second-order valence-corrected chi connectivity index (χ2v) is 7.53. The van der Waals surface area contributed by atoms with Crippen LogP contribution in [0.5, 0.6) is 5.75 Å². The van der Waals surface area contributed by atoms with Crippen molar-refractivity contribution in [3.05, 3.63) is 36.8 Å². The van der Waals surface area contributed by atoms with Gasteiger partial charge in [0.05, 0.1) is 30.1 Å². The number of rotatable bonds is 2. The van der Waals surface area contributed by atoms with Crippen LogP contribution in [0.3, 0.4) is 0 Å². The number of aromatic nitrogens is 4. The van der Waals surface area contributed by atoms with Gasteiger partial charge in [-0.2, -0.15) is 5.10 Å². The van der Waals surface area contributed by atoms with Crippen molar-refractivity contribution in [1.29, 1.82) is 0 Å². The SMILES string of the molecule is CN1CCOc2cc(-c3cc4cnn(C5=CC(O)NS5=O)c4cn3)cnc21. The van der Waals surface area contributed by atoms with E-state index in [-0.39, 0.29) is 0 Å². The van der Waals surface area contributed by atoms with Gasteiger partial charge in [-0.1, -0.05) is 0 Å². The average molecular weight is 384 g/mol. The van der Waals surface area contributed by atoms with Crippen LogP contribution in [0.15, 0.2) is 36.8 Å². The molecule has 3 aromatic heterocycles. The van der Waals surface area contributed by atoms with Crippen molar-refractivity contribution >= 4 is 32.7 Å². The highest BCUT2D eigenvalue weighted by Crippen LogP contribution is 2.33. The quantitative estimate of drug-likeness (QED) is 0.670. The predicted octanol–water partition coefficient (Wildman–Crippen LogP) is 0.706. The van der Waals surface area contributed by atoms with E-state index in [2.05, 4.69) is 24.7 Å². The number of hydrogen-bond acceptors (Lipinski definition) is 7. The molecule has 2 aliphatic heterocycles. The normalized spacial score (nSPS) is 21.9. The van der Waals surface area contributed by atoms with E-state index in [1.807, 2.05) is 19.2 Å². The van der Waals surface area contributed by atoms with Gasteiger partial charge in [-0.05, 0) is 18.2 Å². The van der Waals surface area contributed by atoms with Gasteiger partial charge < -0.3 is 14.7 Å². The zero-order valence-electron chi connectivity index (χ0n) is 14.4. The molecule has 138 valence electrons. The summed E-state index contributed by atoms with van der Waals surface area (Å²) < 4.78 is 21.8. The van der Waals surface area contributed by atoms with E-state index in [4.69, 9.17) is 4.74 Å². The van der Waals surface area contributed by atoms with Crippen LogP contribution in [0.1, 0.15) is 0 Å². The van der Waals surface area contributed by atoms with Crippen molar-refractivity contribution in [2.24, 2.45) is 0 Å². The maximum atomic E-state index is 12.0. The number of anilines is 1. The van der Waals surface area contributed by atoms with Gasteiger partial charge >= 0.3 is 0 Å². The van der Waals surface area contributed by atoms with Crippen LogP contribution in [0, 0.1) is 0 Å². The Morgan fingerprint density at radius 1 is 1.30 bits per heavy atom. The number of hydrogen-bond donors (Lipinski definition) is 2. The Bertz CT molecular complexity index is 1110. The molecule has 2 aliphatic rings. The molecule has 5 rings (SSSR count). The largest absolute Gasteiger partial charge is 0.488 e. The van der Waals surface area contributed by atoms with E-state index in [0.29, 0.717) is 17.2 Å². The second-order valence-electron chi connectivity index (χ2n) is 6.34. The van der Waals surface area contributed by atoms with Gasteiger partial charge in [-0.15, -0.1) is 0 Å². The molecule has 9 nitrogen and oxygen atoms in total. The fourth-order valence-electron chi connectivity index (χ4n) is 3.18. The molecule has 5 heterocycles. The van der Waals surface area contributed by atoms with Gasteiger partial charge in [-0.3, -0.25) is 4.98 Å². The summed E-state index contributed by atoms with van der Waals surface area (Å²) in [5.41, 5.74) is 2.30. The highest BCUT2D eigenvalue weighted by atomic mass is 32.2. The third kappa shape index (κ3) is 2.69. The molecule has 10 heteroatoms. The molecule has 0 radical (unpaired) electrons. The molecule has 0 saturated carbocycles. The van der Waals surface area contributed by atoms with Gasteiger partial charge in [0, 0.05) is 24.2 Å². The zero-order valence-corrected chi connectivity index (χ0v) is 15.2. The molecule has 0 saturated heterocycles. The summed E-state index contributed by atoms with van der Waals surface area (Å²) in [6, 6.07) is 3.84. The van der Waals surface area contributed by atoms with Crippen molar-refractivity contribution in [3.63, 3.8) is 0 Å². The zero-order chi connectivity index (χ0) is 18.5. The third-order valence-electron chi connectivity index (χ3n) is 4.56. The van der Waals surface area contributed by atoms with Crippen LogP contribution in [-0.4, -0.2) is 55.5 Å². The summed E-state index contributed by atoms with van der Waals surface area (Å²) in [6.45, 7) is 1.43. The van der Waals surface area contributed by atoms with E-state index in [9.17, 15) is 9.32 Å². The van der Waals surface area contributed by atoms with E-state index in [1.54, 1.807) is 18.6 Å². The lowest BCUT2D eigenvalue weighted by Gasteiger charge is -2.26. The summed E-state index contributed by atoms with van der Waals surface area (Å²) in [5.74, 6) is 1.56. The van der Waals surface area contributed by atoms with Crippen LogP contribution in [0.2, 0.25) is 0 Å². The number of likely N-dealkylation sites (N-methyl/N-ethyl adjacent to an activating group) is 1. The van der Waals surface area contributed by atoms with Crippen LogP contribution < -0.4 is 14.4 Å². The molecule has 2 atom stereocenters. The Labute approximate surface area is 156 Å². The van der Waals surface area contributed by atoms with Crippen molar-refractivity contribution in [3.8, 4) is 17.0 Å². The van der Waals surface area contributed by atoms with Gasteiger partial charge in [0.25, 0.3) is 0 Å². The first-order valence-electron chi connectivity index (χ1n) is 8.36. The first-order chi connectivity index (χ1) is 13.1. The summed E-state index contributed by atoms with van der Waals surface area (Å²) in [5, 5.41) is 15.1. The van der Waals surface area contributed by atoms with E-state index >= 15 is 0 Å². The standard InChI is InChI=1S/C17H16N6O3S/c1-22-2-3-26-14-5-10(7-19-17(14)22)12-4-11-8-20-23(13(11)9-18-12)16-6-15(24)21-27(16)25/h4-9,15,21,24H,2-3H2,1H3. The molecule has 0 aliphatic carbocycles. The average Bonchev–Trinajstić information content (AvgIpc) is 3.23. The molecule has 0 fully saturated rings. The monoisotopic (exact) mass is 384 g/mol. The Morgan fingerprint density at radius 3 is 3.00 bits per heavy atom. The number of aliphatic hydroxyl groups is 1. The summed E-state index contributed by atoms with van der Waals surface area (Å²) in [4.78, 5) is 11.1. The number of pyridine rings is 2. The molecule has 0 spiro atoms. The molecule has 2 unspecified atom stereocenters. The fraction of sp³-hybridized carbons (Fsp3) is 0.235. The van der Waals surface area contributed by atoms with Crippen LogP contribution in [-0.2, 0) is 11.0 Å². The lowest BCUT2D eigenvalue weighted by Crippen LogP contribution is -2.29. The topological polar surface area (TPSA) is 105 Å². The number of ether oxygens (including phenoxy) is 1. The van der Waals surface area contributed by atoms with Gasteiger partial charge in [0.1, 0.15) is 28.8 Å². The van der Waals surface area contributed by atoms with E-state index in [0.717, 1.165) is 34.8 Å². The second kappa shape index (κ2) is 6.12. The minimum Gasteiger partial charge on any atom is -0.488 e. The van der Waals surface area contributed by atoms with Gasteiger partial charge in [0.2, 0.25) is 0 Å². The lowest BCUT2D eigenvalue weighted by molar-refractivity contribution is 0.218. The molecule has 3 aromatic rings. The minimum atomic E-state index is -1.52. The Kier molecular flexibility index (Phi) is 3.71. The maximum absolute atomic E-state index is 12.0. The molecular weight excluding hydrogens is 368 g/mol. The van der Waals surface area contributed by atoms with Crippen molar-refractivity contribution in [2.45, 2.75) is 6.23 Å². The predicted molar refractivity (Wildman–Crippen MR) is 101 cm³/mol. The molecule has 0 amide bonds. The van der Waals surface area contributed by atoms with E-state index < -0.39 is 17.2 Å². The number of nitrogens with zero attached hydrogens (tertiary/aromatic N) is 5. The molecule has 27 heavy (non-hydrogen) atoms. The molecule has 0 bridgehead atoms. The van der Waals surface area contributed by atoms with Crippen LogP contribution in [0.4, 0.5) is 5.82 Å². The highest BCUT2D eigenvalue weighted by molar-refractivity contribution is 7.92. The molecule has 0 aromatic carbocycles. The van der Waals surface area contributed by atoms with Crippen LogP contribution in [0.25, 0.3) is 27.2 Å². The van der Waals surface area contributed by atoms with Gasteiger partial charge in [0.15, 0.2) is 11.6 Å². The van der Waals surface area contributed by atoms with E-state index in [1.165, 1.54) is 10.8 Å². The van der Waals surface area contributed by atoms with Crippen molar-refractivity contribution in [1.82, 2.24) is 24.5 Å². The first-order valence-corrected chi connectivity index (χ1v) is 9.51. The fourth-order valence-corrected chi connectivity index (χ4v) is 4.14. The molecular formula is C17H16N6O3S. The summed E-state index contributed by atoms with van der Waals surface area (Å²) in [7, 11) is 0.466. The first kappa shape index (κ1) is 16.4. The summed E-state index contributed by atoms with van der Waals surface area (Å²) in [6.07, 6.45) is 5.65. The Morgan fingerprint density at radius 2 is 2.19 bits per heavy atom. The summed E-state index contributed by atoms with van der Waals surface area (Å²) >= 11 is 0. The molecule has 2 N–H and O–H groups in total. The van der Waals surface area contributed by atoms with Crippen LogP contribution >= 0.6 is 0 Å². The number of nitrogens with one attached hydrogen (secondary N) is 1. The third-order valence-corrected chi connectivity index (χ3v) is 5.70. The van der Waals surface area contributed by atoms with Crippen molar-refractivity contribution < 1.29 is 14.1 Å². The number of aliphatic hydroxyl groups excluding tert-OH is 1. The highest BCUT2D eigenvalue weighted by Gasteiger charge is 2.24. The van der Waals surface area contributed by atoms with Gasteiger partial charge in [-0.25, -0.2) is 18.6 Å². The smallest absolute Gasteiger partial charge is 0.171 e. The maximum Gasteiger partial charge on any atom is 0.171 e.